The van der Waals surface area contributed by atoms with Crippen LogP contribution in [0.1, 0.15) is 15.2 Å². The van der Waals surface area contributed by atoms with Crippen LogP contribution in [0.25, 0.3) is 0 Å². The van der Waals surface area contributed by atoms with Crippen LogP contribution in [0.5, 0.6) is 0 Å². The second kappa shape index (κ2) is 5.77. The van der Waals surface area contributed by atoms with E-state index < -0.39 is 21.9 Å². The van der Waals surface area contributed by atoms with Crippen LogP contribution < -0.4 is 10.5 Å². The molecular weight excluding hydrogens is 332 g/mol. The van der Waals surface area contributed by atoms with Gasteiger partial charge in [-0.1, -0.05) is 0 Å². The van der Waals surface area contributed by atoms with E-state index in [9.17, 15) is 18.0 Å². The van der Waals surface area contributed by atoms with Crippen LogP contribution in [0.4, 0.5) is 5.69 Å². The zero-order valence-electron chi connectivity index (χ0n) is 11.3. The number of aromatic nitrogens is 2. The van der Waals surface area contributed by atoms with Crippen molar-refractivity contribution in [3.05, 3.63) is 28.9 Å². The smallest absolute Gasteiger partial charge is 0.346 e. The van der Waals surface area contributed by atoms with Gasteiger partial charge in [0.1, 0.15) is 15.6 Å². The highest BCUT2D eigenvalue weighted by Gasteiger charge is 2.22. The highest BCUT2D eigenvalue weighted by molar-refractivity contribution is 7.94. The minimum Gasteiger partial charge on any atom is -0.477 e. The van der Waals surface area contributed by atoms with Crippen LogP contribution in [-0.4, -0.2) is 35.2 Å². The largest absolute Gasteiger partial charge is 0.477 e. The number of rotatable bonds is 6. The molecule has 2 aromatic heterocycles. The van der Waals surface area contributed by atoms with Crippen LogP contribution in [-0.2, 0) is 21.4 Å². The molecule has 0 saturated heterocycles. The van der Waals surface area contributed by atoms with Crippen molar-refractivity contribution < 1.29 is 23.1 Å². The van der Waals surface area contributed by atoms with E-state index in [0.29, 0.717) is 16.9 Å². The van der Waals surface area contributed by atoms with Gasteiger partial charge in [0.2, 0.25) is 5.91 Å². The van der Waals surface area contributed by atoms with Gasteiger partial charge in [-0.15, -0.1) is 11.3 Å². The Kier molecular flexibility index (Phi) is 4.19. The number of amides is 1. The van der Waals surface area contributed by atoms with Gasteiger partial charge in [-0.05, 0) is 18.6 Å². The standard InChI is InChI=1S/C11H12N4O5S2/c1-6-2-9(21-10(6)11(17)18)22(19,20)14-7-3-13-15(4-7)5-8(12)16/h2-4,14H,5H2,1H3,(H2,12,16)(H,17,18). The summed E-state index contributed by atoms with van der Waals surface area (Å²) in [6.45, 7) is 1.34. The highest BCUT2D eigenvalue weighted by atomic mass is 32.2. The Labute approximate surface area is 129 Å². The van der Waals surface area contributed by atoms with Crippen molar-refractivity contribution in [1.29, 1.82) is 0 Å². The molecule has 0 atom stereocenters. The zero-order valence-corrected chi connectivity index (χ0v) is 12.9. The number of carboxylic acid groups (broad SMARTS) is 1. The molecule has 0 bridgehead atoms. The maximum Gasteiger partial charge on any atom is 0.346 e. The van der Waals surface area contributed by atoms with Crippen LogP contribution in [0.3, 0.4) is 0 Å². The van der Waals surface area contributed by atoms with E-state index in [1.807, 2.05) is 0 Å². The third-order valence-electron chi connectivity index (χ3n) is 2.56. The van der Waals surface area contributed by atoms with E-state index in [4.69, 9.17) is 10.8 Å². The molecule has 0 fully saturated rings. The molecule has 0 saturated carbocycles. The molecule has 11 heteroatoms. The van der Waals surface area contributed by atoms with E-state index in [2.05, 4.69) is 9.82 Å². The first-order valence-corrected chi connectivity index (χ1v) is 8.16. The summed E-state index contributed by atoms with van der Waals surface area (Å²) in [5, 5.41) is 12.7. The van der Waals surface area contributed by atoms with Gasteiger partial charge in [-0.25, -0.2) is 13.2 Å². The van der Waals surface area contributed by atoms with Gasteiger partial charge < -0.3 is 10.8 Å². The van der Waals surface area contributed by atoms with E-state index in [-0.39, 0.29) is 21.3 Å². The summed E-state index contributed by atoms with van der Waals surface area (Å²) >= 11 is 0.660. The summed E-state index contributed by atoms with van der Waals surface area (Å²) in [5.41, 5.74) is 5.51. The average molecular weight is 344 g/mol. The first-order chi connectivity index (χ1) is 10.2. The highest BCUT2D eigenvalue weighted by Crippen LogP contribution is 2.27. The second-order valence-corrected chi connectivity index (χ2v) is 7.34. The molecule has 22 heavy (non-hydrogen) atoms. The van der Waals surface area contributed by atoms with Crippen molar-refractivity contribution in [3.8, 4) is 0 Å². The fraction of sp³-hybridized carbons (Fsp3) is 0.182. The Morgan fingerprint density at radius 3 is 2.73 bits per heavy atom. The number of carbonyl (C=O) groups is 2. The van der Waals surface area contributed by atoms with Gasteiger partial charge in [0.25, 0.3) is 10.0 Å². The molecule has 0 radical (unpaired) electrons. The van der Waals surface area contributed by atoms with Crippen molar-refractivity contribution in [2.45, 2.75) is 17.7 Å². The molecule has 9 nitrogen and oxygen atoms in total. The van der Waals surface area contributed by atoms with Crippen molar-refractivity contribution in [3.63, 3.8) is 0 Å². The van der Waals surface area contributed by atoms with E-state index >= 15 is 0 Å². The number of nitrogens with zero attached hydrogens (tertiary/aromatic N) is 2. The lowest BCUT2D eigenvalue weighted by atomic mass is 10.3. The SMILES string of the molecule is Cc1cc(S(=O)(=O)Nc2cnn(CC(N)=O)c2)sc1C(=O)O. The number of anilines is 1. The molecule has 0 aromatic carbocycles. The summed E-state index contributed by atoms with van der Waals surface area (Å²) in [6, 6.07) is 1.28. The average Bonchev–Trinajstić information content (AvgIpc) is 2.95. The van der Waals surface area contributed by atoms with Crippen molar-refractivity contribution in [2.24, 2.45) is 5.73 Å². The molecule has 1 amide bonds. The Hall–Kier alpha value is -2.40. The summed E-state index contributed by atoms with van der Waals surface area (Å²) in [4.78, 5) is 21.7. The third-order valence-corrected chi connectivity index (χ3v) is 5.64. The molecule has 4 N–H and O–H groups in total. The predicted octanol–water partition coefficient (Wildman–Crippen LogP) is 0.237. The van der Waals surface area contributed by atoms with Crippen molar-refractivity contribution in [2.75, 3.05) is 4.72 Å². The van der Waals surface area contributed by atoms with Gasteiger partial charge in [-0.3, -0.25) is 14.2 Å². The van der Waals surface area contributed by atoms with Gasteiger partial charge >= 0.3 is 5.97 Å². The number of nitrogens with one attached hydrogen (secondary N) is 1. The van der Waals surface area contributed by atoms with Crippen LogP contribution >= 0.6 is 11.3 Å². The monoisotopic (exact) mass is 344 g/mol. The van der Waals surface area contributed by atoms with E-state index in [0.717, 1.165) is 0 Å². The second-order valence-electron chi connectivity index (χ2n) is 4.38. The first-order valence-electron chi connectivity index (χ1n) is 5.86. The van der Waals surface area contributed by atoms with Crippen LogP contribution in [0, 0.1) is 6.92 Å². The molecule has 0 aliphatic rings. The topological polar surface area (TPSA) is 144 Å². The molecule has 0 unspecified atom stereocenters. The van der Waals surface area contributed by atoms with Crippen molar-refractivity contribution >= 4 is 38.9 Å². The quantitative estimate of drug-likeness (QED) is 0.684. The predicted molar refractivity (Wildman–Crippen MR) is 78.2 cm³/mol. The lowest BCUT2D eigenvalue weighted by Gasteiger charge is -2.02. The fourth-order valence-electron chi connectivity index (χ4n) is 1.67. The Bertz CT molecular complexity index is 837. The number of carboxylic acids is 1. The van der Waals surface area contributed by atoms with Crippen LogP contribution in [0.2, 0.25) is 0 Å². The molecule has 0 aliphatic carbocycles. The van der Waals surface area contributed by atoms with Crippen LogP contribution in [0.15, 0.2) is 22.7 Å². The van der Waals surface area contributed by atoms with Crippen molar-refractivity contribution in [1.82, 2.24) is 9.78 Å². The molecule has 0 spiro atoms. The zero-order chi connectivity index (χ0) is 16.5. The molecular formula is C11H12N4O5S2. The Balaban J connectivity index is 2.24. The lowest BCUT2D eigenvalue weighted by Crippen LogP contribution is -2.18. The van der Waals surface area contributed by atoms with Gasteiger partial charge in [0.05, 0.1) is 11.9 Å². The molecule has 2 aromatic rings. The van der Waals surface area contributed by atoms with Gasteiger partial charge in [-0.2, -0.15) is 5.10 Å². The number of thiophene rings is 1. The molecule has 2 rings (SSSR count). The van der Waals surface area contributed by atoms with Gasteiger partial charge in [0.15, 0.2) is 0 Å². The number of hydrogen-bond acceptors (Lipinski definition) is 6. The Morgan fingerprint density at radius 2 is 2.18 bits per heavy atom. The number of hydrogen-bond donors (Lipinski definition) is 3. The molecule has 2 heterocycles. The molecule has 118 valence electrons. The van der Waals surface area contributed by atoms with E-state index in [1.54, 1.807) is 0 Å². The number of carbonyl (C=O) groups excluding carboxylic acids is 1. The number of aromatic carboxylic acids is 1. The third kappa shape index (κ3) is 3.43. The summed E-state index contributed by atoms with van der Waals surface area (Å²) in [7, 11) is -3.93. The Morgan fingerprint density at radius 1 is 1.50 bits per heavy atom. The van der Waals surface area contributed by atoms with E-state index in [1.165, 1.54) is 30.1 Å². The summed E-state index contributed by atoms with van der Waals surface area (Å²) in [6.07, 6.45) is 2.53. The number of aryl methyl sites for hydroxylation is 1. The normalized spacial score (nSPS) is 11.3. The minimum absolute atomic E-state index is 0.0372. The fourth-order valence-corrected chi connectivity index (χ4v) is 4.07. The summed E-state index contributed by atoms with van der Waals surface area (Å²) in [5.74, 6) is -1.80. The lowest BCUT2D eigenvalue weighted by molar-refractivity contribution is -0.118. The minimum atomic E-state index is -3.93. The first kappa shape index (κ1) is 16.0. The molecule has 0 aliphatic heterocycles. The number of nitrogens with two attached hydrogens (primary N) is 1. The van der Waals surface area contributed by atoms with Gasteiger partial charge in [0, 0.05) is 6.20 Å². The number of primary amides is 1. The maximum absolute atomic E-state index is 12.2. The number of sulfonamides is 1. The summed E-state index contributed by atoms with van der Waals surface area (Å²) < 4.78 is 27.7. The maximum atomic E-state index is 12.2.